The van der Waals surface area contributed by atoms with E-state index in [1.807, 2.05) is 13.0 Å². The van der Waals surface area contributed by atoms with Crippen molar-refractivity contribution in [1.82, 2.24) is 4.90 Å². The van der Waals surface area contributed by atoms with Crippen LogP contribution in [-0.2, 0) is 9.59 Å². The van der Waals surface area contributed by atoms with Crippen LogP contribution in [0, 0.1) is 5.92 Å². The number of carbonyl (C=O) groups is 2. The Morgan fingerprint density at radius 3 is 2.60 bits per heavy atom. The summed E-state index contributed by atoms with van der Waals surface area (Å²) in [5.74, 6) is -0.606. The average Bonchev–Trinajstić information content (AvgIpc) is 2.96. The molecule has 0 atom stereocenters. The van der Waals surface area contributed by atoms with Crippen LogP contribution in [0.15, 0.2) is 12.2 Å². The molecular weight excluding hydrogens is 194 g/mol. The van der Waals surface area contributed by atoms with Crippen LogP contribution in [0.2, 0.25) is 0 Å². The number of carboxylic acid groups (broad SMARTS) is 1. The number of carboxylic acids is 1. The molecule has 4 heteroatoms. The van der Waals surface area contributed by atoms with Gasteiger partial charge in [-0.05, 0) is 31.3 Å². The molecule has 15 heavy (non-hydrogen) atoms. The van der Waals surface area contributed by atoms with Gasteiger partial charge in [-0.2, -0.15) is 0 Å². The number of carbonyl (C=O) groups excluding carboxylic acids is 1. The molecule has 0 aromatic heterocycles. The van der Waals surface area contributed by atoms with Gasteiger partial charge in [-0.25, -0.2) is 0 Å². The Labute approximate surface area is 89.6 Å². The van der Waals surface area contributed by atoms with Gasteiger partial charge in [0.15, 0.2) is 0 Å². The Kier molecular flexibility index (Phi) is 4.34. The van der Waals surface area contributed by atoms with Crippen LogP contribution >= 0.6 is 0 Å². The van der Waals surface area contributed by atoms with Crippen LogP contribution < -0.4 is 0 Å². The van der Waals surface area contributed by atoms with Crippen molar-refractivity contribution in [1.29, 1.82) is 0 Å². The van der Waals surface area contributed by atoms with Crippen LogP contribution in [-0.4, -0.2) is 35.0 Å². The zero-order chi connectivity index (χ0) is 11.3. The van der Waals surface area contributed by atoms with Crippen LogP contribution in [0.5, 0.6) is 0 Å². The molecule has 0 spiro atoms. The summed E-state index contributed by atoms with van der Waals surface area (Å²) in [6, 6.07) is 0. The molecule has 1 saturated carbocycles. The minimum Gasteiger partial charge on any atom is -0.480 e. The maximum atomic E-state index is 11.6. The SMILES string of the molecule is CCCN(CC(=O)O)C(=O)/C=C/C1CC1. The van der Waals surface area contributed by atoms with Crippen molar-refractivity contribution in [3.63, 3.8) is 0 Å². The highest BCUT2D eigenvalue weighted by atomic mass is 16.4. The molecule has 1 amide bonds. The van der Waals surface area contributed by atoms with E-state index >= 15 is 0 Å². The van der Waals surface area contributed by atoms with Gasteiger partial charge in [0.1, 0.15) is 6.54 Å². The summed E-state index contributed by atoms with van der Waals surface area (Å²) in [7, 11) is 0. The topological polar surface area (TPSA) is 57.6 Å². The Morgan fingerprint density at radius 1 is 1.47 bits per heavy atom. The predicted octanol–water partition coefficient (Wildman–Crippen LogP) is 1.28. The Morgan fingerprint density at radius 2 is 2.13 bits per heavy atom. The molecule has 0 bridgehead atoms. The molecule has 0 aromatic carbocycles. The average molecular weight is 211 g/mol. The van der Waals surface area contributed by atoms with Gasteiger partial charge in [0, 0.05) is 6.54 Å². The number of nitrogens with zero attached hydrogens (tertiary/aromatic N) is 1. The second-order valence-corrected chi connectivity index (χ2v) is 3.85. The molecule has 0 aromatic rings. The summed E-state index contributed by atoms with van der Waals surface area (Å²) in [6.45, 7) is 2.22. The smallest absolute Gasteiger partial charge is 0.323 e. The van der Waals surface area contributed by atoms with E-state index in [-0.39, 0.29) is 12.5 Å². The van der Waals surface area contributed by atoms with Gasteiger partial charge in [-0.3, -0.25) is 9.59 Å². The van der Waals surface area contributed by atoms with Gasteiger partial charge in [0.2, 0.25) is 5.91 Å². The lowest BCUT2D eigenvalue weighted by atomic mass is 10.3. The molecule has 0 saturated heterocycles. The maximum Gasteiger partial charge on any atom is 0.323 e. The molecule has 1 rings (SSSR count). The highest BCUT2D eigenvalue weighted by Crippen LogP contribution is 2.29. The van der Waals surface area contributed by atoms with Crippen LogP contribution in [0.4, 0.5) is 0 Å². The molecule has 1 N–H and O–H groups in total. The number of aliphatic carboxylic acids is 1. The van der Waals surface area contributed by atoms with E-state index in [1.54, 1.807) is 0 Å². The molecule has 4 nitrogen and oxygen atoms in total. The van der Waals surface area contributed by atoms with Gasteiger partial charge in [-0.1, -0.05) is 13.0 Å². The molecule has 84 valence electrons. The van der Waals surface area contributed by atoms with Gasteiger partial charge < -0.3 is 10.0 Å². The van der Waals surface area contributed by atoms with E-state index in [0.717, 1.165) is 19.3 Å². The van der Waals surface area contributed by atoms with Crippen molar-refractivity contribution in [2.24, 2.45) is 5.92 Å². The number of amides is 1. The van der Waals surface area contributed by atoms with E-state index < -0.39 is 5.97 Å². The summed E-state index contributed by atoms with van der Waals surface area (Å²) in [5, 5.41) is 8.63. The third-order valence-electron chi connectivity index (χ3n) is 2.26. The molecule has 0 unspecified atom stereocenters. The fraction of sp³-hybridized carbons (Fsp3) is 0.636. The first-order valence-corrected chi connectivity index (χ1v) is 5.32. The molecule has 0 aliphatic heterocycles. The zero-order valence-corrected chi connectivity index (χ0v) is 8.98. The molecule has 1 fully saturated rings. The Bertz CT molecular complexity index is 269. The lowest BCUT2D eigenvalue weighted by Gasteiger charge is -2.17. The lowest BCUT2D eigenvalue weighted by Crippen LogP contribution is -2.35. The normalized spacial score (nSPS) is 15.5. The van der Waals surface area contributed by atoms with E-state index in [0.29, 0.717) is 12.5 Å². The second-order valence-electron chi connectivity index (χ2n) is 3.85. The highest BCUT2D eigenvalue weighted by Gasteiger charge is 2.19. The van der Waals surface area contributed by atoms with Crippen molar-refractivity contribution < 1.29 is 14.7 Å². The fourth-order valence-electron chi connectivity index (χ4n) is 1.31. The fourth-order valence-corrected chi connectivity index (χ4v) is 1.31. The summed E-state index contributed by atoms with van der Waals surface area (Å²) >= 11 is 0. The molecule has 1 aliphatic rings. The monoisotopic (exact) mass is 211 g/mol. The first-order valence-electron chi connectivity index (χ1n) is 5.32. The van der Waals surface area contributed by atoms with Crippen LogP contribution in [0.3, 0.4) is 0 Å². The third kappa shape index (κ3) is 4.63. The maximum absolute atomic E-state index is 11.6. The van der Waals surface area contributed by atoms with Gasteiger partial charge in [0.05, 0.1) is 0 Å². The molecular formula is C11H17NO3. The largest absolute Gasteiger partial charge is 0.480 e. The summed E-state index contributed by atoms with van der Waals surface area (Å²) in [6.07, 6.45) is 6.46. The zero-order valence-electron chi connectivity index (χ0n) is 8.98. The number of hydrogen-bond donors (Lipinski definition) is 1. The quantitative estimate of drug-likeness (QED) is 0.673. The number of hydrogen-bond acceptors (Lipinski definition) is 2. The second kappa shape index (κ2) is 5.53. The minimum atomic E-state index is -0.961. The van der Waals surface area contributed by atoms with Crippen molar-refractivity contribution in [3.8, 4) is 0 Å². The van der Waals surface area contributed by atoms with Gasteiger partial charge >= 0.3 is 5.97 Å². The standard InChI is InChI=1S/C11H17NO3/c1-2-7-12(8-11(14)15)10(13)6-5-9-3-4-9/h5-6,9H,2-4,7-8H2,1H3,(H,14,15)/b6-5+. The van der Waals surface area contributed by atoms with Crippen molar-refractivity contribution in [2.45, 2.75) is 26.2 Å². The Balaban J connectivity index is 2.44. The van der Waals surface area contributed by atoms with Crippen molar-refractivity contribution in [2.75, 3.05) is 13.1 Å². The van der Waals surface area contributed by atoms with E-state index in [2.05, 4.69) is 0 Å². The Hall–Kier alpha value is -1.32. The molecule has 0 heterocycles. The molecule has 0 radical (unpaired) electrons. The summed E-state index contributed by atoms with van der Waals surface area (Å²) in [4.78, 5) is 23.5. The van der Waals surface area contributed by atoms with Gasteiger partial charge in [-0.15, -0.1) is 0 Å². The van der Waals surface area contributed by atoms with Crippen LogP contribution in [0.1, 0.15) is 26.2 Å². The van der Waals surface area contributed by atoms with Crippen LogP contribution in [0.25, 0.3) is 0 Å². The summed E-state index contributed by atoms with van der Waals surface area (Å²) in [5.41, 5.74) is 0. The minimum absolute atomic E-state index is 0.189. The predicted molar refractivity (Wildman–Crippen MR) is 56.4 cm³/mol. The highest BCUT2D eigenvalue weighted by molar-refractivity contribution is 5.90. The molecule has 1 aliphatic carbocycles. The third-order valence-corrected chi connectivity index (χ3v) is 2.26. The first-order chi connectivity index (χ1) is 7.13. The van der Waals surface area contributed by atoms with Crippen molar-refractivity contribution in [3.05, 3.63) is 12.2 Å². The summed E-state index contributed by atoms with van der Waals surface area (Å²) < 4.78 is 0. The number of allylic oxidation sites excluding steroid dienone is 1. The van der Waals surface area contributed by atoms with E-state index in [1.165, 1.54) is 11.0 Å². The van der Waals surface area contributed by atoms with E-state index in [9.17, 15) is 9.59 Å². The lowest BCUT2D eigenvalue weighted by molar-refractivity contribution is -0.142. The van der Waals surface area contributed by atoms with Gasteiger partial charge in [0.25, 0.3) is 0 Å². The number of rotatable bonds is 6. The van der Waals surface area contributed by atoms with E-state index in [4.69, 9.17) is 5.11 Å². The first kappa shape index (κ1) is 11.8. The van der Waals surface area contributed by atoms with Crippen molar-refractivity contribution >= 4 is 11.9 Å².